The van der Waals surface area contributed by atoms with E-state index < -0.39 is 12.4 Å². The molecular weight excluding hydrogens is 474 g/mol. The standard InChI is InChI=1S/C18H20F3N3O2.HI/c1-22-18(23-10-12-6-3-4-8-15(12)25-2)24-11-13-14(19)7-5-9-16(13)26-17(20)21;/h3-9,17H,10-11H2,1-2H3,(H2,22,23,24);1H. The first-order chi connectivity index (χ1) is 12.5. The van der Waals surface area contributed by atoms with Gasteiger partial charge in [-0.2, -0.15) is 8.78 Å². The fourth-order valence-electron chi connectivity index (χ4n) is 2.34. The van der Waals surface area contributed by atoms with Crippen molar-refractivity contribution in [2.75, 3.05) is 14.2 Å². The first-order valence-corrected chi connectivity index (χ1v) is 7.83. The fourth-order valence-corrected chi connectivity index (χ4v) is 2.34. The number of methoxy groups -OCH3 is 1. The second-order valence-electron chi connectivity index (χ2n) is 5.19. The Balaban J connectivity index is 0.00000364. The molecule has 2 rings (SSSR count). The average molecular weight is 495 g/mol. The summed E-state index contributed by atoms with van der Waals surface area (Å²) in [4.78, 5) is 4.04. The normalized spacial score (nSPS) is 11.0. The summed E-state index contributed by atoms with van der Waals surface area (Å²) < 4.78 is 48.5. The minimum atomic E-state index is -3.03. The van der Waals surface area contributed by atoms with Gasteiger partial charge in [0.05, 0.1) is 7.11 Å². The highest BCUT2D eigenvalue weighted by Gasteiger charge is 2.14. The summed E-state index contributed by atoms with van der Waals surface area (Å²) in [7, 11) is 3.13. The summed E-state index contributed by atoms with van der Waals surface area (Å²) >= 11 is 0. The minimum Gasteiger partial charge on any atom is -0.496 e. The fraction of sp³-hybridized carbons (Fsp3) is 0.278. The molecule has 0 fully saturated rings. The summed E-state index contributed by atoms with van der Waals surface area (Å²) in [5, 5.41) is 5.94. The van der Waals surface area contributed by atoms with Crippen molar-refractivity contribution < 1.29 is 22.6 Å². The monoisotopic (exact) mass is 495 g/mol. The average Bonchev–Trinajstić information content (AvgIpc) is 2.63. The Morgan fingerprint density at radius 3 is 2.37 bits per heavy atom. The van der Waals surface area contributed by atoms with E-state index in [-0.39, 0.29) is 41.8 Å². The van der Waals surface area contributed by atoms with Crippen molar-refractivity contribution in [2.45, 2.75) is 19.7 Å². The van der Waals surface area contributed by atoms with E-state index >= 15 is 0 Å². The van der Waals surface area contributed by atoms with Crippen LogP contribution in [0.15, 0.2) is 47.5 Å². The van der Waals surface area contributed by atoms with Crippen LogP contribution in [0.25, 0.3) is 0 Å². The van der Waals surface area contributed by atoms with E-state index in [1.807, 2.05) is 24.3 Å². The highest BCUT2D eigenvalue weighted by Crippen LogP contribution is 2.23. The number of rotatable bonds is 7. The van der Waals surface area contributed by atoms with Gasteiger partial charge < -0.3 is 20.1 Å². The molecule has 27 heavy (non-hydrogen) atoms. The van der Waals surface area contributed by atoms with E-state index in [1.54, 1.807) is 14.2 Å². The lowest BCUT2D eigenvalue weighted by Crippen LogP contribution is -2.36. The van der Waals surface area contributed by atoms with E-state index in [2.05, 4.69) is 20.4 Å². The van der Waals surface area contributed by atoms with Gasteiger partial charge in [-0.15, -0.1) is 24.0 Å². The molecule has 2 N–H and O–H groups in total. The van der Waals surface area contributed by atoms with E-state index in [0.29, 0.717) is 12.5 Å². The molecule has 0 saturated heterocycles. The Kier molecular flexibility index (Phi) is 9.76. The van der Waals surface area contributed by atoms with Crippen LogP contribution in [0.3, 0.4) is 0 Å². The number of benzene rings is 2. The van der Waals surface area contributed by atoms with Gasteiger partial charge in [-0.05, 0) is 18.2 Å². The molecule has 0 amide bonds. The van der Waals surface area contributed by atoms with Gasteiger partial charge in [-0.3, -0.25) is 4.99 Å². The topological polar surface area (TPSA) is 54.9 Å². The molecule has 0 atom stereocenters. The second-order valence-corrected chi connectivity index (χ2v) is 5.19. The molecule has 0 aliphatic carbocycles. The predicted molar refractivity (Wildman–Crippen MR) is 108 cm³/mol. The van der Waals surface area contributed by atoms with Crippen molar-refractivity contribution >= 4 is 29.9 Å². The van der Waals surface area contributed by atoms with Gasteiger partial charge in [-0.25, -0.2) is 4.39 Å². The number of para-hydroxylation sites is 1. The zero-order valence-corrected chi connectivity index (χ0v) is 17.2. The molecule has 5 nitrogen and oxygen atoms in total. The number of ether oxygens (including phenoxy) is 2. The quantitative estimate of drug-likeness (QED) is 0.348. The van der Waals surface area contributed by atoms with Crippen molar-refractivity contribution in [3.63, 3.8) is 0 Å². The number of hydrogen-bond acceptors (Lipinski definition) is 3. The number of aliphatic imine (C=N–C) groups is 1. The molecule has 0 aliphatic heterocycles. The van der Waals surface area contributed by atoms with Gasteiger partial charge in [0.1, 0.15) is 17.3 Å². The maximum Gasteiger partial charge on any atom is 0.387 e. The molecule has 0 heterocycles. The van der Waals surface area contributed by atoms with Crippen LogP contribution in [-0.4, -0.2) is 26.7 Å². The molecule has 0 aromatic heterocycles. The van der Waals surface area contributed by atoms with Crippen molar-refractivity contribution in [2.24, 2.45) is 4.99 Å². The minimum absolute atomic E-state index is 0. The lowest BCUT2D eigenvalue weighted by atomic mass is 10.2. The number of guanidine groups is 1. The molecule has 2 aromatic carbocycles. The number of nitrogens with zero attached hydrogens (tertiary/aromatic N) is 1. The van der Waals surface area contributed by atoms with Crippen molar-refractivity contribution in [1.29, 1.82) is 0 Å². The molecule has 0 saturated carbocycles. The Bertz CT molecular complexity index is 760. The Labute approximate surface area is 173 Å². The molecule has 0 radical (unpaired) electrons. The van der Waals surface area contributed by atoms with E-state index in [1.165, 1.54) is 18.2 Å². The van der Waals surface area contributed by atoms with Crippen LogP contribution in [0.4, 0.5) is 13.2 Å². The molecular formula is C18H21F3IN3O2. The smallest absolute Gasteiger partial charge is 0.387 e. The van der Waals surface area contributed by atoms with Crippen LogP contribution in [-0.2, 0) is 13.1 Å². The molecule has 0 bridgehead atoms. The lowest BCUT2D eigenvalue weighted by Gasteiger charge is -2.16. The van der Waals surface area contributed by atoms with Gasteiger partial charge in [0, 0.05) is 31.3 Å². The maximum absolute atomic E-state index is 14.0. The van der Waals surface area contributed by atoms with Gasteiger partial charge in [-0.1, -0.05) is 24.3 Å². The highest BCUT2D eigenvalue weighted by atomic mass is 127. The van der Waals surface area contributed by atoms with Crippen LogP contribution >= 0.6 is 24.0 Å². The molecule has 2 aromatic rings. The van der Waals surface area contributed by atoms with Crippen LogP contribution in [0, 0.1) is 5.82 Å². The van der Waals surface area contributed by atoms with Crippen molar-refractivity contribution in [1.82, 2.24) is 10.6 Å². The Morgan fingerprint density at radius 2 is 1.70 bits per heavy atom. The lowest BCUT2D eigenvalue weighted by molar-refractivity contribution is -0.0506. The third-order valence-electron chi connectivity index (χ3n) is 3.59. The molecule has 0 unspecified atom stereocenters. The zero-order valence-electron chi connectivity index (χ0n) is 14.8. The summed E-state index contributed by atoms with van der Waals surface area (Å²) in [5.74, 6) is 0.239. The summed E-state index contributed by atoms with van der Waals surface area (Å²) in [6, 6.07) is 11.2. The maximum atomic E-state index is 14.0. The number of halogens is 4. The Morgan fingerprint density at radius 1 is 1.04 bits per heavy atom. The van der Waals surface area contributed by atoms with Crippen LogP contribution in [0.2, 0.25) is 0 Å². The van der Waals surface area contributed by atoms with Gasteiger partial charge in [0.2, 0.25) is 0 Å². The molecule has 0 spiro atoms. The van der Waals surface area contributed by atoms with Crippen molar-refractivity contribution in [3.05, 3.63) is 59.4 Å². The SMILES string of the molecule is CN=C(NCc1ccccc1OC)NCc1c(F)cccc1OC(F)F.I. The van der Waals surface area contributed by atoms with Gasteiger partial charge in [0.25, 0.3) is 0 Å². The number of alkyl halides is 2. The molecule has 148 valence electrons. The number of nitrogens with one attached hydrogen (secondary N) is 2. The second kappa shape index (κ2) is 11.5. The first-order valence-electron chi connectivity index (χ1n) is 7.83. The predicted octanol–water partition coefficient (Wildman–Crippen LogP) is 3.92. The van der Waals surface area contributed by atoms with Crippen LogP contribution in [0.1, 0.15) is 11.1 Å². The van der Waals surface area contributed by atoms with Crippen LogP contribution < -0.4 is 20.1 Å². The van der Waals surface area contributed by atoms with Crippen molar-refractivity contribution in [3.8, 4) is 11.5 Å². The summed E-state index contributed by atoms with van der Waals surface area (Å²) in [5.41, 5.74) is 0.901. The van der Waals surface area contributed by atoms with Gasteiger partial charge in [0.15, 0.2) is 5.96 Å². The Hall–Kier alpha value is -2.17. The first kappa shape index (κ1) is 22.9. The largest absolute Gasteiger partial charge is 0.496 e. The summed E-state index contributed by atoms with van der Waals surface area (Å²) in [6.45, 7) is -2.68. The number of hydrogen-bond donors (Lipinski definition) is 2. The van der Waals surface area contributed by atoms with E-state index in [0.717, 1.165) is 11.3 Å². The van der Waals surface area contributed by atoms with E-state index in [9.17, 15) is 13.2 Å². The van der Waals surface area contributed by atoms with Gasteiger partial charge >= 0.3 is 6.61 Å². The van der Waals surface area contributed by atoms with E-state index in [4.69, 9.17) is 4.74 Å². The molecule has 9 heteroatoms. The summed E-state index contributed by atoms with van der Waals surface area (Å²) in [6.07, 6.45) is 0. The third-order valence-corrected chi connectivity index (χ3v) is 3.59. The zero-order chi connectivity index (χ0) is 18.9. The van der Waals surface area contributed by atoms with Crippen LogP contribution in [0.5, 0.6) is 11.5 Å². The highest BCUT2D eigenvalue weighted by molar-refractivity contribution is 14.0. The third kappa shape index (κ3) is 6.81. The molecule has 0 aliphatic rings.